The van der Waals surface area contributed by atoms with Crippen molar-refractivity contribution in [2.45, 2.75) is 0 Å². The number of phenols is 1. The fourth-order valence-electron chi connectivity index (χ4n) is 0.696. The Balaban J connectivity index is 0.00000121. The lowest BCUT2D eigenvalue weighted by Gasteiger charge is -1.97. The van der Waals surface area contributed by atoms with Crippen molar-refractivity contribution in [3.05, 3.63) is 29.8 Å². The van der Waals surface area contributed by atoms with Crippen molar-refractivity contribution >= 4 is 18.3 Å². The average Bonchev–Trinajstić information content (AvgIpc) is 2.05. The van der Waals surface area contributed by atoms with Gasteiger partial charge in [0.25, 0.3) is 5.91 Å². The fourth-order valence-corrected chi connectivity index (χ4v) is 0.696. The molecule has 0 saturated carbocycles. The molecule has 0 heterocycles. The van der Waals surface area contributed by atoms with Crippen LogP contribution in [0.15, 0.2) is 24.3 Å². The third-order valence-corrected chi connectivity index (χ3v) is 1.26. The quantitative estimate of drug-likeness (QED) is 0.340. The second-order valence-electron chi connectivity index (χ2n) is 2.02. The highest BCUT2D eigenvalue weighted by molar-refractivity contribution is 5.93. The molecule has 0 aliphatic heterocycles. The predicted octanol–water partition coefficient (Wildman–Crippen LogP) is 0.418. The average molecular weight is 189 g/mol. The van der Waals surface area contributed by atoms with E-state index in [1.54, 1.807) is 0 Å². The first-order chi connectivity index (χ1) is 5.24. The van der Waals surface area contributed by atoms with Gasteiger partial charge in [-0.1, -0.05) is 0 Å². The van der Waals surface area contributed by atoms with Crippen molar-refractivity contribution in [2.75, 3.05) is 0 Å². The highest BCUT2D eigenvalue weighted by atomic mass is 35.5. The first-order valence-corrected chi connectivity index (χ1v) is 3.04. The second kappa shape index (κ2) is 4.58. The molecule has 5 heteroatoms. The summed E-state index contributed by atoms with van der Waals surface area (Å²) in [6.45, 7) is 0. The van der Waals surface area contributed by atoms with E-state index in [0.29, 0.717) is 5.56 Å². The Morgan fingerprint density at radius 1 is 1.33 bits per heavy atom. The zero-order chi connectivity index (χ0) is 8.27. The fraction of sp³-hybridized carbons (Fsp3) is 0. The summed E-state index contributed by atoms with van der Waals surface area (Å²) in [5, 5.41) is 8.85. The van der Waals surface area contributed by atoms with Gasteiger partial charge in [-0.3, -0.25) is 10.2 Å². The van der Waals surface area contributed by atoms with Gasteiger partial charge < -0.3 is 5.11 Å². The standard InChI is InChI=1S/C7H8N2O2.ClH/c8-9-7(11)5-1-3-6(10)4-2-5;/h1-4,10H,8H2,(H,9,11);1H. The van der Waals surface area contributed by atoms with E-state index in [0.717, 1.165) is 0 Å². The molecular formula is C7H9ClN2O2. The number of carbonyl (C=O) groups excluding carboxylic acids is 1. The number of hydrogen-bond acceptors (Lipinski definition) is 3. The molecule has 0 fully saturated rings. The maximum Gasteiger partial charge on any atom is 0.265 e. The van der Waals surface area contributed by atoms with Gasteiger partial charge >= 0.3 is 0 Å². The second-order valence-corrected chi connectivity index (χ2v) is 2.02. The highest BCUT2D eigenvalue weighted by Gasteiger charge is 2.00. The predicted molar refractivity (Wildman–Crippen MR) is 47.0 cm³/mol. The van der Waals surface area contributed by atoms with E-state index in [1.807, 2.05) is 5.43 Å². The largest absolute Gasteiger partial charge is 0.508 e. The minimum absolute atomic E-state index is 0. The number of nitrogens with two attached hydrogens (primary N) is 1. The zero-order valence-corrected chi connectivity index (χ0v) is 6.97. The van der Waals surface area contributed by atoms with Gasteiger partial charge in [0, 0.05) is 5.56 Å². The summed E-state index contributed by atoms with van der Waals surface area (Å²) in [5.41, 5.74) is 2.40. The van der Waals surface area contributed by atoms with E-state index in [1.165, 1.54) is 24.3 Å². The molecule has 1 amide bonds. The third kappa shape index (κ3) is 2.41. The Morgan fingerprint density at radius 3 is 2.25 bits per heavy atom. The monoisotopic (exact) mass is 188 g/mol. The molecule has 12 heavy (non-hydrogen) atoms. The number of phenolic OH excluding ortho intramolecular Hbond substituents is 1. The maximum atomic E-state index is 10.8. The summed E-state index contributed by atoms with van der Waals surface area (Å²) in [6.07, 6.45) is 0. The van der Waals surface area contributed by atoms with Crippen molar-refractivity contribution in [1.82, 2.24) is 5.43 Å². The minimum atomic E-state index is -0.370. The lowest BCUT2D eigenvalue weighted by molar-refractivity contribution is 0.0953. The molecule has 0 saturated heterocycles. The molecule has 0 spiro atoms. The van der Waals surface area contributed by atoms with Gasteiger partial charge in [0.2, 0.25) is 0 Å². The highest BCUT2D eigenvalue weighted by Crippen LogP contribution is 2.08. The van der Waals surface area contributed by atoms with Crippen molar-refractivity contribution in [1.29, 1.82) is 0 Å². The van der Waals surface area contributed by atoms with Crippen LogP contribution in [-0.2, 0) is 0 Å². The lowest BCUT2D eigenvalue weighted by Crippen LogP contribution is -2.29. The van der Waals surface area contributed by atoms with E-state index in [-0.39, 0.29) is 24.1 Å². The molecule has 4 N–H and O–H groups in total. The van der Waals surface area contributed by atoms with E-state index in [9.17, 15) is 4.79 Å². The number of benzene rings is 1. The number of hydrazine groups is 1. The van der Waals surface area contributed by atoms with Crippen molar-refractivity contribution < 1.29 is 9.90 Å². The molecule has 0 radical (unpaired) electrons. The van der Waals surface area contributed by atoms with Crippen LogP contribution in [0.5, 0.6) is 5.75 Å². The first-order valence-electron chi connectivity index (χ1n) is 3.04. The number of amides is 1. The molecule has 1 aromatic rings. The van der Waals surface area contributed by atoms with Gasteiger partial charge in [0.15, 0.2) is 0 Å². The number of rotatable bonds is 1. The molecule has 0 aliphatic rings. The smallest absolute Gasteiger partial charge is 0.265 e. The van der Waals surface area contributed by atoms with Crippen LogP contribution < -0.4 is 11.3 Å². The Kier molecular flexibility index (Phi) is 4.10. The number of nitrogens with one attached hydrogen (secondary N) is 1. The molecule has 1 aromatic carbocycles. The van der Waals surface area contributed by atoms with E-state index < -0.39 is 0 Å². The topological polar surface area (TPSA) is 75.3 Å². The van der Waals surface area contributed by atoms with Crippen LogP contribution >= 0.6 is 12.4 Å². The summed E-state index contributed by atoms with van der Waals surface area (Å²) < 4.78 is 0. The van der Waals surface area contributed by atoms with Crippen LogP contribution in [0.25, 0.3) is 0 Å². The molecule has 0 aromatic heterocycles. The number of carbonyl (C=O) groups is 1. The summed E-state index contributed by atoms with van der Waals surface area (Å²) >= 11 is 0. The summed E-state index contributed by atoms with van der Waals surface area (Å²) in [5.74, 6) is 4.63. The first kappa shape index (κ1) is 10.7. The van der Waals surface area contributed by atoms with Crippen LogP contribution in [0.2, 0.25) is 0 Å². The van der Waals surface area contributed by atoms with Gasteiger partial charge in [-0.05, 0) is 24.3 Å². The van der Waals surface area contributed by atoms with Crippen LogP contribution in [0.3, 0.4) is 0 Å². The Labute approximate surface area is 75.8 Å². The Morgan fingerprint density at radius 2 is 1.83 bits per heavy atom. The van der Waals surface area contributed by atoms with Crippen LogP contribution in [0.4, 0.5) is 0 Å². The van der Waals surface area contributed by atoms with Crippen molar-refractivity contribution in [2.24, 2.45) is 5.84 Å². The summed E-state index contributed by atoms with van der Waals surface area (Å²) in [4.78, 5) is 10.8. The molecule has 66 valence electrons. The summed E-state index contributed by atoms with van der Waals surface area (Å²) in [6, 6.07) is 5.81. The lowest BCUT2D eigenvalue weighted by atomic mass is 10.2. The van der Waals surface area contributed by atoms with Gasteiger partial charge in [-0.25, -0.2) is 5.84 Å². The van der Waals surface area contributed by atoms with Crippen LogP contribution in [0.1, 0.15) is 10.4 Å². The molecule has 1 rings (SSSR count). The van der Waals surface area contributed by atoms with Gasteiger partial charge in [0.05, 0.1) is 0 Å². The molecule has 0 atom stereocenters. The van der Waals surface area contributed by atoms with Crippen LogP contribution in [-0.4, -0.2) is 11.0 Å². The van der Waals surface area contributed by atoms with Crippen molar-refractivity contribution in [3.8, 4) is 5.75 Å². The number of hydrogen-bond donors (Lipinski definition) is 3. The molecule has 0 aliphatic carbocycles. The SMILES string of the molecule is Cl.NNC(=O)c1ccc(O)cc1. The normalized spacial score (nSPS) is 8.42. The molecular weight excluding hydrogens is 180 g/mol. The summed E-state index contributed by atoms with van der Waals surface area (Å²) in [7, 11) is 0. The minimum Gasteiger partial charge on any atom is -0.508 e. The number of aromatic hydroxyl groups is 1. The van der Waals surface area contributed by atoms with Crippen molar-refractivity contribution in [3.63, 3.8) is 0 Å². The van der Waals surface area contributed by atoms with Gasteiger partial charge in [0.1, 0.15) is 5.75 Å². The van der Waals surface area contributed by atoms with Crippen LogP contribution in [0, 0.1) is 0 Å². The van der Waals surface area contributed by atoms with E-state index in [2.05, 4.69) is 0 Å². The van der Waals surface area contributed by atoms with E-state index in [4.69, 9.17) is 10.9 Å². The maximum absolute atomic E-state index is 10.8. The Hall–Kier alpha value is -1.26. The Bertz CT molecular complexity index is 261. The molecule has 4 nitrogen and oxygen atoms in total. The third-order valence-electron chi connectivity index (χ3n) is 1.26. The number of halogens is 1. The molecule has 0 unspecified atom stereocenters. The number of nitrogen functional groups attached to an aromatic ring is 1. The molecule has 0 bridgehead atoms. The van der Waals surface area contributed by atoms with Gasteiger partial charge in [-0.15, -0.1) is 12.4 Å². The zero-order valence-electron chi connectivity index (χ0n) is 6.15. The van der Waals surface area contributed by atoms with E-state index >= 15 is 0 Å². The van der Waals surface area contributed by atoms with Gasteiger partial charge in [-0.2, -0.15) is 0 Å².